The molecule has 9 nitrogen and oxygen atoms in total. The fourth-order valence-corrected chi connectivity index (χ4v) is 2.22. The normalized spacial score (nSPS) is 16.1. The van der Waals surface area contributed by atoms with Gasteiger partial charge in [0.05, 0.1) is 4.92 Å². The summed E-state index contributed by atoms with van der Waals surface area (Å²) >= 11 is 0. The molecule has 1 aliphatic carbocycles. The van der Waals surface area contributed by atoms with Gasteiger partial charge in [-0.2, -0.15) is 5.10 Å². The van der Waals surface area contributed by atoms with Crippen LogP contribution in [0.2, 0.25) is 0 Å². The van der Waals surface area contributed by atoms with Gasteiger partial charge in [0.15, 0.2) is 5.82 Å². The number of alkyl halides is 2. The van der Waals surface area contributed by atoms with E-state index in [0.29, 0.717) is 12.5 Å². The lowest BCUT2D eigenvalue weighted by Gasteiger charge is -2.16. The summed E-state index contributed by atoms with van der Waals surface area (Å²) in [5.74, 6) is 0.701. The smallest absolute Gasteiger partial charge is 0.258 e. The Kier molecular flexibility index (Phi) is 3.77. The summed E-state index contributed by atoms with van der Waals surface area (Å²) in [6.07, 6.45) is 1.08. The van der Waals surface area contributed by atoms with Gasteiger partial charge in [-0.05, 0) is 29.2 Å². The molecule has 0 saturated heterocycles. The third kappa shape index (κ3) is 3.07. The van der Waals surface area contributed by atoms with E-state index in [4.69, 9.17) is 0 Å². The summed E-state index contributed by atoms with van der Waals surface area (Å²) in [5.41, 5.74) is -0.263. The van der Waals surface area contributed by atoms with E-state index >= 15 is 0 Å². The van der Waals surface area contributed by atoms with Crippen LogP contribution in [0, 0.1) is 16.0 Å². The van der Waals surface area contributed by atoms with Crippen molar-refractivity contribution in [1.29, 1.82) is 0 Å². The third-order valence-electron chi connectivity index (χ3n) is 3.51. The Morgan fingerprint density at radius 2 is 2.23 bits per heavy atom. The van der Waals surface area contributed by atoms with Crippen molar-refractivity contribution in [2.45, 2.75) is 38.3 Å². The summed E-state index contributed by atoms with van der Waals surface area (Å²) in [5, 5.41) is 25.7. The van der Waals surface area contributed by atoms with Crippen molar-refractivity contribution >= 4 is 5.69 Å². The molecule has 118 valence electrons. The Bertz CT molecular complexity index is 667. The minimum Gasteiger partial charge on any atom is -0.258 e. The molecule has 0 aromatic carbocycles. The second-order valence-electron chi connectivity index (χ2n) is 5.24. The first-order valence-corrected chi connectivity index (χ1v) is 6.77. The van der Waals surface area contributed by atoms with E-state index < -0.39 is 23.8 Å². The van der Waals surface area contributed by atoms with Crippen molar-refractivity contribution in [2.24, 2.45) is 5.92 Å². The van der Waals surface area contributed by atoms with Gasteiger partial charge in [-0.25, -0.2) is 13.5 Å². The standard InChI is InChI=1S/C11H13F2N7O2/c12-10(13)3-9(18-6-8(4-14-18)20(21)22)11-15-16-17-19(11)5-7-1-2-7/h4,6-7,9-10H,1-3,5H2. The number of nitro groups is 1. The number of tetrazole rings is 1. The quantitative estimate of drug-likeness (QED) is 0.565. The number of aromatic nitrogens is 6. The molecule has 2 heterocycles. The van der Waals surface area contributed by atoms with Crippen molar-refractivity contribution in [3.05, 3.63) is 28.3 Å². The van der Waals surface area contributed by atoms with Crippen molar-refractivity contribution in [2.75, 3.05) is 0 Å². The van der Waals surface area contributed by atoms with E-state index in [0.717, 1.165) is 29.9 Å². The molecular formula is C11H13F2N7O2. The molecule has 0 radical (unpaired) electrons. The molecule has 1 saturated carbocycles. The number of rotatable bonds is 7. The molecule has 0 aliphatic heterocycles. The molecule has 2 aromatic rings. The highest BCUT2D eigenvalue weighted by Crippen LogP contribution is 2.32. The van der Waals surface area contributed by atoms with Crippen molar-refractivity contribution < 1.29 is 13.7 Å². The zero-order valence-corrected chi connectivity index (χ0v) is 11.4. The summed E-state index contributed by atoms with van der Waals surface area (Å²) < 4.78 is 28.4. The summed E-state index contributed by atoms with van der Waals surface area (Å²) in [6, 6.07) is -0.942. The Morgan fingerprint density at radius 1 is 1.45 bits per heavy atom. The zero-order valence-electron chi connectivity index (χ0n) is 11.4. The van der Waals surface area contributed by atoms with Crippen LogP contribution in [-0.4, -0.2) is 41.3 Å². The Balaban J connectivity index is 1.91. The van der Waals surface area contributed by atoms with Crippen LogP contribution in [0.4, 0.5) is 14.5 Å². The summed E-state index contributed by atoms with van der Waals surface area (Å²) in [6.45, 7) is 0.561. The highest BCUT2D eigenvalue weighted by Gasteiger charge is 2.30. The van der Waals surface area contributed by atoms with Crippen LogP contribution in [0.3, 0.4) is 0 Å². The topological polar surface area (TPSA) is 105 Å². The lowest BCUT2D eigenvalue weighted by atomic mass is 10.2. The molecule has 1 aliphatic rings. The molecule has 1 atom stereocenters. The fourth-order valence-electron chi connectivity index (χ4n) is 2.22. The van der Waals surface area contributed by atoms with Crippen molar-refractivity contribution in [3.8, 4) is 0 Å². The second kappa shape index (κ2) is 5.73. The molecule has 1 unspecified atom stereocenters. The molecule has 0 spiro atoms. The van der Waals surface area contributed by atoms with Crippen molar-refractivity contribution in [3.63, 3.8) is 0 Å². The van der Waals surface area contributed by atoms with Gasteiger partial charge in [-0.15, -0.1) is 5.10 Å². The van der Waals surface area contributed by atoms with Gasteiger partial charge in [-0.3, -0.25) is 14.8 Å². The first-order valence-electron chi connectivity index (χ1n) is 6.77. The molecule has 2 aromatic heterocycles. The van der Waals surface area contributed by atoms with Crippen LogP contribution in [0.1, 0.15) is 31.1 Å². The molecule has 0 N–H and O–H groups in total. The molecule has 11 heteroatoms. The van der Waals surface area contributed by atoms with Crippen LogP contribution < -0.4 is 0 Å². The van der Waals surface area contributed by atoms with E-state index in [9.17, 15) is 18.9 Å². The average Bonchev–Trinajstić information content (AvgIpc) is 2.97. The Labute approximate surface area is 123 Å². The van der Waals surface area contributed by atoms with Crippen molar-refractivity contribution in [1.82, 2.24) is 30.0 Å². The largest absolute Gasteiger partial charge is 0.307 e. The molecular weight excluding hydrogens is 300 g/mol. The van der Waals surface area contributed by atoms with Gasteiger partial charge >= 0.3 is 5.69 Å². The molecule has 0 bridgehead atoms. The number of hydrogen-bond donors (Lipinski definition) is 0. The third-order valence-corrected chi connectivity index (χ3v) is 3.51. The average molecular weight is 313 g/mol. The maximum Gasteiger partial charge on any atom is 0.307 e. The summed E-state index contributed by atoms with van der Waals surface area (Å²) in [4.78, 5) is 10.1. The van der Waals surface area contributed by atoms with Gasteiger partial charge in [0.2, 0.25) is 6.43 Å². The van der Waals surface area contributed by atoms with E-state index in [1.807, 2.05) is 0 Å². The molecule has 22 heavy (non-hydrogen) atoms. The van der Waals surface area contributed by atoms with Gasteiger partial charge in [0.1, 0.15) is 18.4 Å². The monoisotopic (exact) mass is 313 g/mol. The number of nitrogens with zero attached hydrogens (tertiary/aromatic N) is 7. The lowest BCUT2D eigenvalue weighted by molar-refractivity contribution is -0.385. The van der Waals surface area contributed by atoms with Crippen LogP contribution in [0.15, 0.2) is 12.4 Å². The van der Waals surface area contributed by atoms with E-state index in [1.54, 1.807) is 0 Å². The highest BCUT2D eigenvalue weighted by atomic mass is 19.3. The van der Waals surface area contributed by atoms with Gasteiger partial charge in [0.25, 0.3) is 0 Å². The van der Waals surface area contributed by atoms with Crippen LogP contribution >= 0.6 is 0 Å². The predicted molar refractivity (Wildman–Crippen MR) is 68.2 cm³/mol. The minimum atomic E-state index is -2.61. The highest BCUT2D eigenvalue weighted by molar-refractivity contribution is 5.21. The maximum atomic E-state index is 12.9. The maximum absolute atomic E-state index is 12.9. The molecule has 0 amide bonds. The van der Waals surface area contributed by atoms with Crippen LogP contribution in [0.5, 0.6) is 0 Å². The first kappa shape index (κ1) is 14.5. The Hall–Kier alpha value is -2.46. The second-order valence-corrected chi connectivity index (χ2v) is 5.24. The minimum absolute atomic E-state index is 0.241. The SMILES string of the molecule is O=[N+]([O-])c1cnn(C(CC(F)F)c2nnnn2CC2CC2)c1. The molecule has 3 rings (SSSR count). The van der Waals surface area contributed by atoms with E-state index in [-0.39, 0.29) is 11.5 Å². The van der Waals surface area contributed by atoms with E-state index in [2.05, 4.69) is 20.6 Å². The number of halogens is 2. The van der Waals surface area contributed by atoms with E-state index in [1.165, 1.54) is 4.68 Å². The van der Waals surface area contributed by atoms with Crippen LogP contribution in [0.25, 0.3) is 0 Å². The van der Waals surface area contributed by atoms with Gasteiger partial charge in [-0.1, -0.05) is 0 Å². The Morgan fingerprint density at radius 3 is 2.82 bits per heavy atom. The summed E-state index contributed by atoms with van der Waals surface area (Å²) in [7, 11) is 0. The lowest BCUT2D eigenvalue weighted by Crippen LogP contribution is -2.20. The molecule has 1 fully saturated rings. The van der Waals surface area contributed by atoms with Crippen LogP contribution in [-0.2, 0) is 6.54 Å². The number of hydrogen-bond acceptors (Lipinski definition) is 6. The van der Waals surface area contributed by atoms with Gasteiger partial charge in [0, 0.05) is 13.0 Å². The van der Waals surface area contributed by atoms with Gasteiger partial charge < -0.3 is 0 Å². The predicted octanol–water partition coefficient (Wildman–Crippen LogP) is 1.43. The first-order chi connectivity index (χ1) is 10.5. The zero-order chi connectivity index (χ0) is 15.7. The fraction of sp³-hybridized carbons (Fsp3) is 0.636.